The maximum atomic E-state index is 13.9. The summed E-state index contributed by atoms with van der Waals surface area (Å²) in [6, 6.07) is 19.2. The van der Waals surface area contributed by atoms with Gasteiger partial charge in [-0.3, -0.25) is 9.59 Å². The number of likely N-dealkylation sites (tertiary alicyclic amines) is 1. The highest BCUT2D eigenvalue weighted by Crippen LogP contribution is 2.31. The Labute approximate surface area is 189 Å². The van der Waals surface area contributed by atoms with Crippen molar-refractivity contribution in [1.82, 2.24) is 10.2 Å². The number of benzene rings is 3. The molecule has 0 aliphatic carbocycles. The molecule has 1 fully saturated rings. The minimum atomic E-state index is -0.517. The molecule has 7 heteroatoms. The Morgan fingerprint density at radius 2 is 1.70 bits per heavy atom. The van der Waals surface area contributed by atoms with E-state index in [4.69, 9.17) is 9.15 Å². The van der Waals surface area contributed by atoms with Crippen LogP contribution in [0.4, 0.5) is 4.39 Å². The first-order valence-electron chi connectivity index (χ1n) is 11.0. The van der Waals surface area contributed by atoms with Gasteiger partial charge in [-0.2, -0.15) is 0 Å². The van der Waals surface area contributed by atoms with Crippen molar-refractivity contribution in [1.29, 1.82) is 0 Å². The predicted octanol–water partition coefficient (Wildman–Crippen LogP) is 4.52. The van der Waals surface area contributed by atoms with Gasteiger partial charge in [0.2, 0.25) is 0 Å². The molecule has 1 N–H and O–H groups in total. The van der Waals surface area contributed by atoms with Crippen LogP contribution in [0.25, 0.3) is 21.9 Å². The number of fused-ring (bicyclic) bond motifs is 3. The fraction of sp³-hybridized carbons (Fsp3) is 0.231. The summed E-state index contributed by atoms with van der Waals surface area (Å²) in [4.78, 5) is 26.6. The number of piperidine rings is 1. The van der Waals surface area contributed by atoms with E-state index in [9.17, 15) is 14.0 Å². The van der Waals surface area contributed by atoms with E-state index in [2.05, 4.69) is 5.32 Å². The molecule has 168 valence electrons. The summed E-state index contributed by atoms with van der Waals surface area (Å²) in [5, 5.41) is 4.91. The summed E-state index contributed by atoms with van der Waals surface area (Å²) < 4.78 is 25.4. The summed E-state index contributed by atoms with van der Waals surface area (Å²) in [6.07, 6.45) is 1.22. The Balaban J connectivity index is 1.13. The van der Waals surface area contributed by atoms with Gasteiger partial charge in [-0.1, -0.05) is 30.3 Å². The quantitative estimate of drug-likeness (QED) is 0.489. The van der Waals surface area contributed by atoms with Crippen molar-refractivity contribution >= 4 is 33.8 Å². The Kier molecular flexibility index (Phi) is 5.69. The molecule has 6 nitrogen and oxygen atoms in total. The van der Waals surface area contributed by atoms with Gasteiger partial charge in [-0.05, 0) is 49.2 Å². The molecule has 1 aliphatic heterocycles. The van der Waals surface area contributed by atoms with Crippen LogP contribution in [-0.2, 0) is 4.79 Å². The van der Waals surface area contributed by atoms with Gasteiger partial charge in [-0.25, -0.2) is 4.39 Å². The lowest BCUT2D eigenvalue weighted by Crippen LogP contribution is -2.47. The number of hydrogen-bond acceptors (Lipinski definition) is 4. The highest BCUT2D eigenvalue weighted by molar-refractivity contribution is 6.05. The van der Waals surface area contributed by atoms with Crippen LogP contribution in [0.5, 0.6) is 5.75 Å². The Morgan fingerprint density at radius 3 is 2.52 bits per heavy atom. The second-order valence-corrected chi connectivity index (χ2v) is 8.16. The van der Waals surface area contributed by atoms with Crippen LogP contribution >= 0.6 is 0 Å². The van der Waals surface area contributed by atoms with Gasteiger partial charge in [0.05, 0.1) is 5.56 Å². The maximum Gasteiger partial charge on any atom is 0.258 e. The number of furan rings is 1. The van der Waals surface area contributed by atoms with E-state index < -0.39 is 5.82 Å². The van der Waals surface area contributed by atoms with Crippen molar-refractivity contribution in [2.24, 2.45) is 0 Å². The lowest BCUT2D eigenvalue weighted by molar-refractivity contribution is -0.124. The number of ether oxygens (including phenoxy) is 1. The Morgan fingerprint density at radius 1 is 0.970 bits per heavy atom. The molecule has 4 aromatic rings. The molecule has 2 amide bonds. The summed E-state index contributed by atoms with van der Waals surface area (Å²) >= 11 is 0. The Hall–Kier alpha value is -3.87. The van der Waals surface area contributed by atoms with Crippen molar-refractivity contribution in [3.8, 4) is 5.75 Å². The number of halogens is 1. The first-order valence-corrected chi connectivity index (χ1v) is 11.0. The van der Waals surface area contributed by atoms with Gasteiger partial charge >= 0.3 is 0 Å². The third kappa shape index (κ3) is 4.39. The van der Waals surface area contributed by atoms with Crippen LogP contribution in [0.15, 0.2) is 71.1 Å². The smallest absolute Gasteiger partial charge is 0.258 e. The van der Waals surface area contributed by atoms with Crippen molar-refractivity contribution in [3.63, 3.8) is 0 Å². The van der Waals surface area contributed by atoms with E-state index in [0.717, 1.165) is 21.9 Å². The van der Waals surface area contributed by atoms with Crippen LogP contribution in [0.3, 0.4) is 0 Å². The summed E-state index contributed by atoms with van der Waals surface area (Å²) in [6.45, 7) is 0.821. The van der Waals surface area contributed by atoms with Gasteiger partial charge in [-0.15, -0.1) is 0 Å². The van der Waals surface area contributed by atoms with E-state index >= 15 is 0 Å². The number of carbonyl (C=O) groups is 2. The maximum absolute atomic E-state index is 13.9. The average molecular weight is 446 g/mol. The lowest BCUT2D eigenvalue weighted by Gasteiger charge is -2.32. The largest absolute Gasteiger partial charge is 0.484 e. The third-order valence-electron chi connectivity index (χ3n) is 5.97. The highest BCUT2D eigenvalue weighted by Gasteiger charge is 2.26. The Bertz CT molecular complexity index is 1320. The SMILES string of the molecule is O=C(COc1ccc2oc3ccccc3c2c1)NC1CCN(C(=O)c2ccccc2F)CC1. The van der Waals surface area contributed by atoms with E-state index in [1.165, 1.54) is 12.1 Å². The summed E-state index contributed by atoms with van der Waals surface area (Å²) in [5.41, 5.74) is 1.66. The average Bonchev–Trinajstić information content (AvgIpc) is 3.21. The first kappa shape index (κ1) is 21.0. The van der Waals surface area contributed by atoms with E-state index in [1.807, 2.05) is 36.4 Å². The van der Waals surface area contributed by atoms with Crippen LogP contribution in [0, 0.1) is 5.82 Å². The van der Waals surface area contributed by atoms with Crippen molar-refractivity contribution in [3.05, 3.63) is 78.1 Å². The van der Waals surface area contributed by atoms with Gasteiger partial charge in [0.25, 0.3) is 11.8 Å². The zero-order valence-corrected chi connectivity index (χ0v) is 17.9. The van der Waals surface area contributed by atoms with Gasteiger partial charge < -0.3 is 19.4 Å². The summed E-state index contributed by atoms with van der Waals surface area (Å²) in [7, 11) is 0. The van der Waals surface area contributed by atoms with Crippen LogP contribution in [0.2, 0.25) is 0 Å². The van der Waals surface area contributed by atoms with Crippen LogP contribution < -0.4 is 10.1 Å². The molecule has 0 saturated carbocycles. The van der Waals surface area contributed by atoms with Gasteiger partial charge in [0.15, 0.2) is 6.61 Å². The fourth-order valence-corrected chi connectivity index (χ4v) is 4.25. The van der Waals surface area contributed by atoms with E-state index in [1.54, 1.807) is 23.1 Å². The molecule has 3 aromatic carbocycles. The van der Waals surface area contributed by atoms with E-state index in [0.29, 0.717) is 31.7 Å². The molecule has 33 heavy (non-hydrogen) atoms. The second-order valence-electron chi connectivity index (χ2n) is 8.16. The molecule has 0 spiro atoms. The third-order valence-corrected chi connectivity index (χ3v) is 5.97. The number of carbonyl (C=O) groups excluding carboxylic acids is 2. The molecule has 1 aromatic heterocycles. The van der Waals surface area contributed by atoms with Crippen LogP contribution in [-0.4, -0.2) is 42.5 Å². The number of amides is 2. The number of para-hydroxylation sites is 1. The molecule has 0 bridgehead atoms. The molecule has 1 saturated heterocycles. The standard InChI is InChI=1S/C26H23FN2O4/c27-22-7-3-1-6-20(22)26(31)29-13-11-17(12-14-29)28-25(30)16-32-18-9-10-24-21(15-18)19-5-2-4-8-23(19)33-24/h1-10,15,17H,11-14,16H2,(H,28,30). The molecule has 2 heterocycles. The number of rotatable bonds is 5. The van der Waals surface area contributed by atoms with E-state index in [-0.39, 0.29) is 30.0 Å². The fourth-order valence-electron chi connectivity index (χ4n) is 4.25. The van der Waals surface area contributed by atoms with Crippen molar-refractivity contribution in [2.45, 2.75) is 18.9 Å². The normalized spacial score (nSPS) is 14.5. The summed E-state index contributed by atoms with van der Waals surface area (Å²) in [5.74, 6) is -0.458. The minimum Gasteiger partial charge on any atom is -0.484 e. The first-order chi connectivity index (χ1) is 16.1. The lowest BCUT2D eigenvalue weighted by atomic mass is 10.0. The minimum absolute atomic E-state index is 0.0499. The van der Waals surface area contributed by atoms with Crippen molar-refractivity contribution in [2.75, 3.05) is 19.7 Å². The van der Waals surface area contributed by atoms with Crippen molar-refractivity contribution < 1.29 is 23.1 Å². The monoisotopic (exact) mass is 446 g/mol. The molecule has 5 rings (SSSR count). The topological polar surface area (TPSA) is 71.8 Å². The molecule has 0 atom stereocenters. The van der Waals surface area contributed by atoms with Crippen LogP contribution in [0.1, 0.15) is 23.2 Å². The number of nitrogens with zero attached hydrogens (tertiary/aromatic N) is 1. The number of nitrogens with one attached hydrogen (secondary N) is 1. The predicted molar refractivity (Wildman–Crippen MR) is 123 cm³/mol. The highest BCUT2D eigenvalue weighted by atomic mass is 19.1. The zero-order valence-electron chi connectivity index (χ0n) is 17.9. The molecule has 0 radical (unpaired) electrons. The number of hydrogen-bond donors (Lipinski definition) is 1. The van der Waals surface area contributed by atoms with Gasteiger partial charge in [0, 0.05) is 29.9 Å². The molecule has 1 aliphatic rings. The zero-order chi connectivity index (χ0) is 22.8. The second kappa shape index (κ2) is 8.94. The van der Waals surface area contributed by atoms with Gasteiger partial charge in [0.1, 0.15) is 22.7 Å². The molecular weight excluding hydrogens is 423 g/mol. The molecule has 0 unspecified atom stereocenters. The molecular formula is C26H23FN2O4.